The van der Waals surface area contributed by atoms with Crippen molar-refractivity contribution >= 4 is 28.4 Å². The number of hydrogen-bond acceptors (Lipinski definition) is 7. The molecule has 0 unspecified atom stereocenters. The van der Waals surface area contributed by atoms with Crippen molar-refractivity contribution in [3.63, 3.8) is 0 Å². The fourth-order valence-corrected chi connectivity index (χ4v) is 2.39. The molecule has 8 heteroatoms. The number of hydrogen-bond donors (Lipinski definition) is 3. The van der Waals surface area contributed by atoms with Crippen LogP contribution in [-0.2, 0) is 6.54 Å². The van der Waals surface area contributed by atoms with Gasteiger partial charge in [0.25, 0.3) is 0 Å². The number of rotatable bonds is 5. The lowest BCUT2D eigenvalue weighted by Crippen LogP contribution is -2.11. The van der Waals surface area contributed by atoms with Gasteiger partial charge in [-0.05, 0) is 19.1 Å². The Labute approximate surface area is 113 Å². The fourth-order valence-electron chi connectivity index (χ4n) is 1.67. The molecule has 19 heavy (non-hydrogen) atoms. The number of nitrogens with one attached hydrogen (secondary N) is 2. The lowest BCUT2D eigenvalue weighted by Gasteiger charge is -2.09. The standard InChI is InChI=1S/C11H13N5O2S/c1-7-10(19-6-14-7)5-13-8-3-2-4-9(15-12)11(8)16(17)18/h2-4,6,13,15H,5,12H2,1H3. The quantitative estimate of drug-likeness (QED) is 0.440. The topological polar surface area (TPSA) is 106 Å². The molecule has 1 aromatic heterocycles. The third-order valence-corrected chi connectivity index (χ3v) is 3.59. The zero-order chi connectivity index (χ0) is 13.8. The van der Waals surface area contributed by atoms with Gasteiger partial charge in [0, 0.05) is 4.88 Å². The predicted molar refractivity (Wildman–Crippen MR) is 75.1 cm³/mol. The summed E-state index contributed by atoms with van der Waals surface area (Å²) in [6, 6.07) is 4.90. The number of para-hydroxylation sites is 1. The number of nitrogens with two attached hydrogens (primary N) is 1. The van der Waals surface area contributed by atoms with E-state index in [1.54, 1.807) is 23.7 Å². The van der Waals surface area contributed by atoms with Crippen LogP contribution in [0, 0.1) is 17.0 Å². The number of nitrogens with zero attached hydrogens (tertiary/aromatic N) is 2. The highest BCUT2D eigenvalue weighted by Crippen LogP contribution is 2.32. The molecule has 2 aromatic rings. The van der Waals surface area contributed by atoms with Gasteiger partial charge in [-0.2, -0.15) is 0 Å². The summed E-state index contributed by atoms with van der Waals surface area (Å²) in [6.07, 6.45) is 0. The monoisotopic (exact) mass is 279 g/mol. The number of thiazole rings is 1. The summed E-state index contributed by atoms with van der Waals surface area (Å²) in [6.45, 7) is 2.39. The number of aromatic nitrogens is 1. The third-order valence-electron chi connectivity index (χ3n) is 2.66. The Morgan fingerprint density at radius 2 is 2.21 bits per heavy atom. The van der Waals surface area contributed by atoms with Crippen LogP contribution in [-0.4, -0.2) is 9.91 Å². The SMILES string of the molecule is Cc1ncsc1CNc1cccc(NN)c1[N+](=O)[O-]. The smallest absolute Gasteiger partial charge is 0.316 e. The van der Waals surface area contributed by atoms with E-state index in [1.807, 2.05) is 6.92 Å². The Morgan fingerprint density at radius 1 is 1.47 bits per heavy atom. The van der Waals surface area contributed by atoms with Crippen molar-refractivity contribution in [2.45, 2.75) is 13.5 Å². The van der Waals surface area contributed by atoms with E-state index in [0.717, 1.165) is 10.6 Å². The van der Waals surface area contributed by atoms with Crippen LogP contribution in [0.15, 0.2) is 23.7 Å². The summed E-state index contributed by atoms with van der Waals surface area (Å²) < 4.78 is 0. The first-order chi connectivity index (χ1) is 9.13. The van der Waals surface area contributed by atoms with E-state index in [4.69, 9.17) is 5.84 Å². The second-order valence-electron chi connectivity index (χ2n) is 3.82. The lowest BCUT2D eigenvalue weighted by atomic mass is 10.2. The molecular formula is C11H13N5O2S. The van der Waals surface area contributed by atoms with Crippen LogP contribution in [0.25, 0.3) is 0 Å². The molecule has 0 saturated heterocycles. The number of aryl methyl sites for hydroxylation is 1. The molecule has 0 spiro atoms. The average Bonchev–Trinajstić information content (AvgIpc) is 2.81. The zero-order valence-electron chi connectivity index (χ0n) is 10.2. The number of nitrogen functional groups attached to an aromatic ring is 1. The fraction of sp³-hybridized carbons (Fsp3) is 0.182. The van der Waals surface area contributed by atoms with Gasteiger partial charge in [0.2, 0.25) is 0 Å². The number of nitro groups is 1. The molecule has 0 bridgehead atoms. The van der Waals surface area contributed by atoms with Gasteiger partial charge >= 0.3 is 5.69 Å². The molecule has 0 aliphatic rings. The Balaban J connectivity index is 2.25. The number of nitro benzene ring substituents is 1. The van der Waals surface area contributed by atoms with E-state index in [-0.39, 0.29) is 11.4 Å². The first kappa shape index (κ1) is 13.2. The summed E-state index contributed by atoms with van der Waals surface area (Å²) in [4.78, 5) is 15.8. The Kier molecular flexibility index (Phi) is 3.93. The molecule has 1 heterocycles. The number of anilines is 2. The molecule has 0 radical (unpaired) electrons. The maximum absolute atomic E-state index is 11.1. The van der Waals surface area contributed by atoms with Gasteiger partial charge in [-0.25, -0.2) is 4.98 Å². The predicted octanol–water partition coefficient (Wildman–Crippen LogP) is 2.26. The molecule has 1 aromatic carbocycles. The third kappa shape index (κ3) is 2.80. The molecule has 100 valence electrons. The van der Waals surface area contributed by atoms with Crippen LogP contribution in [0.1, 0.15) is 10.6 Å². The molecule has 7 nitrogen and oxygen atoms in total. The van der Waals surface area contributed by atoms with Crippen LogP contribution in [0.5, 0.6) is 0 Å². The van der Waals surface area contributed by atoms with E-state index < -0.39 is 4.92 Å². The van der Waals surface area contributed by atoms with Crippen molar-refractivity contribution < 1.29 is 4.92 Å². The molecule has 0 amide bonds. The largest absolute Gasteiger partial charge is 0.374 e. The van der Waals surface area contributed by atoms with Gasteiger partial charge < -0.3 is 10.7 Å². The summed E-state index contributed by atoms with van der Waals surface area (Å²) in [7, 11) is 0. The highest BCUT2D eigenvalue weighted by atomic mass is 32.1. The summed E-state index contributed by atoms with van der Waals surface area (Å²) in [5, 5.41) is 14.1. The van der Waals surface area contributed by atoms with Gasteiger partial charge in [0.1, 0.15) is 11.4 Å². The first-order valence-corrected chi connectivity index (χ1v) is 6.38. The van der Waals surface area contributed by atoms with Crippen LogP contribution in [0.2, 0.25) is 0 Å². The highest BCUT2D eigenvalue weighted by molar-refractivity contribution is 7.09. The van der Waals surface area contributed by atoms with Crippen LogP contribution in [0.3, 0.4) is 0 Å². The Hall–Kier alpha value is -2.19. The van der Waals surface area contributed by atoms with E-state index in [1.165, 1.54) is 11.3 Å². The molecule has 4 N–H and O–H groups in total. The molecule has 0 saturated carbocycles. The van der Waals surface area contributed by atoms with Gasteiger partial charge in [-0.3, -0.25) is 16.0 Å². The van der Waals surface area contributed by atoms with E-state index in [9.17, 15) is 10.1 Å². The Bertz CT molecular complexity index is 599. The normalized spacial score (nSPS) is 10.2. The minimum Gasteiger partial charge on any atom is -0.374 e. The zero-order valence-corrected chi connectivity index (χ0v) is 11.0. The second kappa shape index (κ2) is 5.63. The number of benzene rings is 1. The Morgan fingerprint density at radius 3 is 2.79 bits per heavy atom. The molecule has 0 aliphatic heterocycles. The first-order valence-electron chi connectivity index (χ1n) is 5.50. The van der Waals surface area contributed by atoms with Crippen molar-refractivity contribution in [1.29, 1.82) is 0 Å². The second-order valence-corrected chi connectivity index (χ2v) is 4.76. The van der Waals surface area contributed by atoms with E-state index in [2.05, 4.69) is 15.7 Å². The molecule has 2 rings (SSSR count). The van der Waals surface area contributed by atoms with Crippen LogP contribution >= 0.6 is 11.3 Å². The molecule has 0 fully saturated rings. The van der Waals surface area contributed by atoms with Crippen molar-refractivity contribution in [2.24, 2.45) is 5.84 Å². The van der Waals surface area contributed by atoms with Crippen LogP contribution < -0.4 is 16.6 Å². The summed E-state index contributed by atoms with van der Waals surface area (Å²) in [5.41, 5.74) is 5.64. The average molecular weight is 279 g/mol. The minimum atomic E-state index is -0.461. The number of hydrazine groups is 1. The molecular weight excluding hydrogens is 266 g/mol. The van der Waals surface area contributed by atoms with Gasteiger partial charge in [-0.1, -0.05) is 6.07 Å². The highest BCUT2D eigenvalue weighted by Gasteiger charge is 2.19. The van der Waals surface area contributed by atoms with Crippen molar-refractivity contribution in [3.8, 4) is 0 Å². The van der Waals surface area contributed by atoms with Crippen molar-refractivity contribution in [3.05, 3.63) is 44.4 Å². The minimum absolute atomic E-state index is 0.0628. The summed E-state index contributed by atoms with van der Waals surface area (Å²) in [5.74, 6) is 5.28. The lowest BCUT2D eigenvalue weighted by molar-refractivity contribution is -0.383. The van der Waals surface area contributed by atoms with E-state index in [0.29, 0.717) is 12.2 Å². The summed E-state index contributed by atoms with van der Waals surface area (Å²) >= 11 is 1.51. The van der Waals surface area contributed by atoms with Gasteiger partial charge in [-0.15, -0.1) is 11.3 Å². The van der Waals surface area contributed by atoms with Gasteiger partial charge in [0.05, 0.1) is 22.7 Å². The van der Waals surface area contributed by atoms with E-state index >= 15 is 0 Å². The van der Waals surface area contributed by atoms with Crippen molar-refractivity contribution in [1.82, 2.24) is 4.98 Å². The molecule has 0 atom stereocenters. The van der Waals surface area contributed by atoms with Gasteiger partial charge in [0.15, 0.2) is 0 Å². The maximum atomic E-state index is 11.1. The van der Waals surface area contributed by atoms with Crippen molar-refractivity contribution in [2.75, 3.05) is 10.7 Å². The molecule has 0 aliphatic carbocycles. The van der Waals surface area contributed by atoms with Crippen LogP contribution in [0.4, 0.5) is 17.1 Å². The maximum Gasteiger partial charge on any atom is 0.316 e.